The summed E-state index contributed by atoms with van der Waals surface area (Å²) < 4.78 is 5.92. The molecule has 2 N–H and O–H groups in total. The van der Waals surface area contributed by atoms with Gasteiger partial charge < -0.3 is 15.4 Å². The van der Waals surface area contributed by atoms with Crippen LogP contribution in [0.15, 0.2) is 24.3 Å². The van der Waals surface area contributed by atoms with Gasteiger partial charge in [-0.05, 0) is 30.2 Å². The number of likely N-dealkylation sites (tertiary alicyclic amines) is 1. The average Bonchev–Trinajstić information content (AvgIpc) is 2.49. The molecule has 0 aromatic heterocycles. The first-order chi connectivity index (χ1) is 9.97. The van der Waals surface area contributed by atoms with Crippen molar-refractivity contribution >= 4 is 29.9 Å². The number of ether oxygens (including phenoxy) is 1. The molecule has 124 valence electrons. The van der Waals surface area contributed by atoms with Crippen molar-refractivity contribution < 1.29 is 9.53 Å². The lowest BCUT2D eigenvalue weighted by Gasteiger charge is -2.34. The van der Waals surface area contributed by atoms with E-state index >= 15 is 0 Å². The highest BCUT2D eigenvalue weighted by Gasteiger charge is 2.28. The lowest BCUT2D eigenvalue weighted by molar-refractivity contribution is -0.135. The van der Waals surface area contributed by atoms with Gasteiger partial charge in [-0.15, -0.1) is 12.4 Å². The molecular formula is C16H24Cl2N2O2. The van der Waals surface area contributed by atoms with Crippen molar-refractivity contribution in [1.82, 2.24) is 4.90 Å². The van der Waals surface area contributed by atoms with E-state index in [0.29, 0.717) is 18.1 Å². The molecule has 1 saturated heterocycles. The van der Waals surface area contributed by atoms with Crippen molar-refractivity contribution in [3.63, 3.8) is 0 Å². The Bertz CT molecular complexity index is 472. The summed E-state index contributed by atoms with van der Waals surface area (Å²) in [4.78, 5) is 14.0. The minimum atomic E-state index is -0.404. The van der Waals surface area contributed by atoms with Gasteiger partial charge in [-0.1, -0.05) is 25.4 Å². The first-order valence-corrected chi connectivity index (χ1v) is 7.81. The Balaban J connectivity index is 0.00000242. The molecule has 1 fully saturated rings. The summed E-state index contributed by atoms with van der Waals surface area (Å²) in [5.74, 6) is 1.04. The highest BCUT2D eigenvalue weighted by atomic mass is 35.5. The van der Waals surface area contributed by atoms with Crippen LogP contribution in [0.3, 0.4) is 0 Å². The normalized spacial score (nSPS) is 17.0. The Morgan fingerprint density at radius 1 is 1.27 bits per heavy atom. The predicted molar refractivity (Wildman–Crippen MR) is 91.7 cm³/mol. The van der Waals surface area contributed by atoms with Crippen LogP contribution in [0, 0.1) is 5.92 Å². The van der Waals surface area contributed by atoms with Crippen LogP contribution in [-0.2, 0) is 4.79 Å². The van der Waals surface area contributed by atoms with Gasteiger partial charge in [0.05, 0.1) is 6.04 Å². The fourth-order valence-corrected chi connectivity index (χ4v) is 2.52. The van der Waals surface area contributed by atoms with Crippen molar-refractivity contribution in [2.24, 2.45) is 11.7 Å². The van der Waals surface area contributed by atoms with Crippen molar-refractivity contribution in [2.45, 2.75) is 38.8 Å². The van der Waals surface area contributed by atoms with E-state index in [0.717, 1.165) is 18.6 Å². The van der Waals surface area contributed by atoms with E-state index in [-0.39, 0.29) is 30.3 Å². The first-order valence-electron chi connectivity index (χ1n) is 7.44. The first kappa shape index (κ1) is 19.1. The molecule has 0 bridgehead atoms. The number of hydrogen-bond acceptors (Lipinski definition) is 3. The Morgan fingerprint density at radius 2 is 1.82 bits per heavy atom. The van der Waals surface area contributed by atoms with Crippen molar-refractivity contribution in [3.05, 3.63) is 29.3 Å². The third-order valence-corrected chi connectivity index (χ3v) is 4.13. The maximum Gasteiger partial charge on any atom is 0.239 e. The van der Waals surface area contributed by atoms with E-state index in [9.17, 15) is 4.79 Å². The number of rotatable bonds is 4. The van der Waals surface area contributed by atoms with Gasteiger partial charge in [0.2, 0.25) is 5.91 Å². The molecule has 1 aromatic rings. The van der Waals surface area contributed by atoms with Gasteiger partial charge in [0.25, 0.3) is 0 Å². The maximum atomic E-state index is 12.2. The molecule has 0 aliphatic carbocycles. The standard InChI is InChI=1S/C16H23ClN2O2.ClH/c1-11(2)15(18)16(20)19-9-7-14(8-10-19)21-13-5-3-12(17)4-6-13;/h3-6,11,14-15H,7-10,18H2,1-2H3;1H/t15-;/m0./s1. The maximum absolute atomic E-state index is 12.2. The van der Waals surface area contributed by atoms with Gasteiger partial charge >= 0.3 is 0 Å². The Labute approximate surface area is 143 Å². The molecule has 1 heterocycles. The van der Waals surface area contributed by atoms with Crippen molar-refractivity contribution in [1.29, 1.82) is 0 Å². The van der Waals surface area contributed by atoms with E-state index in [1.165, 1.54) is 0 Å². The zero-order chi connectivity index (χ0) is 15.4. The predicted octanol–water partition coefficient (Wildman–Crippen LogP) is 3.11. The molecule has 0 spiro atoms. The number of carbonyl (C=O) groups excluding carboxylic acids is 1. The number of piperidine rings is 1. The molecule has 1 aromatic carbocycles. The monoisotopic (exact) mass is 346 g/mol. The number of nitrogens with zero attached hydrogens (tertiary/aromatic N) is 1. The van der Waals surface area contributed by atoms with Gasteiger partial charge in [0, 0.05) is 31.0 Å². The van der Waals surface area contributed by atoms with Crippen LogP contribution >= 0.6 is 24.0 Å². The number of nitrogens with two attached hydrogens (primary N) is 1. The Morgan fingerprint density at radius 3 is 2.32 bits per heavy atom. The second-order valence-corrected chi connectivity index (χ2v) is 6.30. The second-order valence-electron chi connectivity index (χ2n) is 5.87. The molecule has 0 radical (unpaired) electrons. The largest absolute Gasteiger partial charge is 0.490 e. The molecule has 0 unspecified atom stereocenters. The van der Waals surface area contributed by atoms with Crippen LogP contribution < -0.4 is 10.5 Å². The minimum absolute atomic E-state index is 0. The molecule has 0 saturated carbocycles. The number of hydrogen-bond donors (Lipinski definition) is 1. The molecule has 4 nitrogen and oxygen atoms in total. The zero-order valence-corrected chi connectivity index (χ0v) is 14.6. The van der Waals surface area contributed by atoms with E-state index in [1.807, 2.05) is 43.0 Å². The van der Waals surface area contributed by atoms with Crippen LogP contribution in [0.2, 0.25) is 5.02 Å². The van der Waals surface area contributed by atoms with Crippen LogP contribution in [0.1, 0.15) is 26.7 Å². The lowest BCUT2D eigenvalue weighted by Crippen LogP contribution is -2.50. The van der Waals surface area contributed by atoms with Crippen LogP contribution in [0.25, 0.3) is 0 Å². The summed E-state index contributed by atoms with van der Waals surface area (Å²) in [6, 6.07) is 6.97. The summed E-state index contributed by atoms with van der Waals surface area (Å²) in [6.45, 7) is 5.35. The molecule has 1 aliphatic rings. The number of amides is 1. The molecule has 1 aliphatic heterocycles. The summed E-state index contributed by atoms with van der Waals surface area (Å²) in [5, 5.41) is 0.699. The summed E-state index contributed by atoms with van der Waals surface area (Å²) in [7, 11) is 0. The quantitative estimate of drug-likeness (QED) is 0.911. The highest BCUT2D eigenvalue weighted by Crippen LogP contribution is 2.21. The van der Waals surface area contributed by atoms with Crippen LogP contribution in [0.4, 0.5) is 0 Å². The van der Waals surface area contributed by atoms with Gasteiger partial charge in [-0.2, -0.15) is 0 Å². The van der Waals surface area contributed by atoms with Crippen molar-refractivity contribution in [2.75, 3.05) is 13.1 Å². The second kappa shape index (κ2) is 8.61. The van der Waals surface area contributed by atoms with Gasteiger partial charge in [-0.25, -0.2) is 0 Å². The minimum Gasteiger partial charge on any atom is -0.490 e. The number of carbonyl (C=O) groups is 1. The van der Waals surface area contributed by atoms with Gasteiger partial charge in [-0.3, -0.25) is 4.79 Å². The molecule has 1 amide bonds. The summed E-state index contributed by atoms with van der Waals surface area (Å²) in [6.07, 6.45) is 1.81. The van der Waals surface area contributed by atoms with E-state index in [1.54, 1.807) is 0 Å². The summed E-state index contributed by atoms with van der Waals surface area (Å²) >= 11 is 5.85. The number of halogens is 2. The lowest BCUT2D eigenvalue weighted by atomic mass is 10.0. The van der Waals surface area contributed by atoms with Gasteiger partial charge in [0.1, 0.15) is 11.9 Å². The third-order valence-electron chi connectivity index (χ3n) is 3.87. The third kappa shape index (κ3) is 5.04. The Kier molecular flexibility index (Phi) is 7.46. The summed E-state index contributed by atoms with van der Waals surface area (Å²) in [5.41, 5.74) is 5.93. The molecule has 1 atom stereocenters. The van der Waals surface area contributed by atoms with E-state index in [2.05, 4.69) is 0 Å². The van der Waals surface area contributed by atoms with Crippen LogP contribution in [0.5, 0.6) is 5.75 Å². The fourth-order valence-electron chi connectivity index (χ4n) is 2.40. The molecule has 2 rings (SSSR count). The van der Waals surface area contributed by atoms with Crippen molar-refractivity contribution in [3.8, 4) is 5.75 Å². The molecule has 6 heteroatoms. The van der Waals surface area contributed by atoms with Gasteiger partial charge in [0.15, 0.2) is 0 Å². The van der Waals surface area contributed by atoms with E-state index < -0.39 is 6.04 Å². The van der Waals surface area contributed by atoms with E-state index in [4.69, 9.17) is 22.1 Å². The highest BCUT2D eigenvalue weighted by molar-refractivity contribution is 6.30. The average molecular weight is 347 g/mol. The zero-order valence-electron chi connectivity index (χ0n) is 13.0. The Hall–Kier alpha value is -0.970. The number of benzene rings is 1. The fraction of sp³-hybridized carbons (Fsp3) is 0.562. The van der Waals surface area contributed by atoms with Crippen LogP contribution in [-0.4, -0.2) is 36.0 Å². The molecular weight excluding hydrogens is 323 g/mol. The molecule has 22 heavy (non-hydrogen) atoms. The topological polar surface area (TPSA) is 55.6 Å². The SMILES string of the molecule is CC(C)[C@H](N)C(=O)N1CCC(Oc2ccc(Cl)cc2)CC1.Cl. The smallest absolute Gasteiger partial charge is 0.239 e.